The van der Waals surface area contributed by atoms with Crippen LogP contribution in [0, 0.1) is 0 Å². The molecule has 0 fully saturated rings. The quantitative estimate of drug-likeness (QED) is 0.749. The van der Waals surface area contributed by atoms with Crippen LogP contribution in [0.1, 0.15) is 10.5 Å². The number of rotatable bonds is 3. The number of carbonyl (C=O) groups is 1. The van der Waals surface area contributed by atoms with Crippen LogP contribution in [0.4, 0.5) is 5.95 Å². The number of nitrogens with zero attached hydrogens (tertiary/aromatic N) is 4. The van der Waals surface area contributed by atoms with Gasteiger partial charge < -0.3 is 0 Å². The summed E-state index contributed by atoms with van der Waals surface area (Å²) in [7, 11) is 0. The Morgan fingerprint density at radius 3 is 2.75 bits per heavy atom. The van der Waals surface area contributed by atoms with Crippen LogP contribution in [-0.4, -0.2) is 31.1 Å². The standard InChI is InChI=1S/C13H10N6O/c20-12(10-8-14-6-7-15-10)17-13-16-11(18-19-13)9-4-2-1-3-5-9/h1-8H,(H2,16,17,18,19,20). The van der Waals surface area contributed by atoms with E-state index in [0.717, 1.165) is 5.56 Å². The number of hydrogen-bond donors (Lipinski definition) is 2. The third-order valence-electron chi connectivity index (χ3n) is 2.55. The zero-order valence-electron chi connectivity index (χ0n) is 10.3. The van der Waals surface area contributed by atoms with Gasteiger partial charge in [-0.05, 0) is 0 Å². The molecule has 2 N–H and O–H groups in total. The normalized spacial score (nSPS) is 10.2. The van der Waals surface area contributed by atoms with Gasteiger partial charge in [0.25, 0.3) is 5.91 Å². The molecule has 0 saturated carbocycles. The summed E-state index contributed by atoms with van der Waals surface area (Å²) in [6, 6.07) is 9.51. The van der Waals surface area contributed by atoms with E-state index in [-0.39, 0.29) is 11.6 Å². The van der Waals surface area contributed by atoms with Crippen LogP contribution in [0.15, 0.2) is 48.9 Å². The van der Waals surface area contributed by atoms with Gasteiger partial charge in [0.2, 0.25) is 5.95 Å². The maximum atomic E-state index is 11.9. The molecule has 3 rings (SSSR count). The van der Waals surface area contributed by atoms with Crippen LogP contribution < -0.4 is 5.32 Å². The fraction of sp³-hybridized carbons (Fsp3) is 0. The van der Waals surface area contributed by atoms with Crippen LogP contribution in [0.3, 0.4) is 0 Å². The molecule has 0 aliphatic rings. The lowest BCUT2D eigenvalue weighted by Crippen LogP contribution is -2.14. The molecular weight excluding hydrogens is 256 g/mol. The molecule has 0 spiro atoms. The molecule has 98 valence electrons. The molecule has 0 aliphatic heterocycles. The van der Waals surface area contributed by atoms with Crippen molar-refractivity contribution in [3.05, 3.63) is 54.6 Å². The maximum Gasteiger partial charge on any atom is 0.278 e. The van der Waals surface area contributed by atoms with Crippen molar-refractivity contribution < 1.29 is 4.79 Å². The molecule has 0 atom stereocenters. The van der Waals surface area contributed by atoms with Gasteiger partial charge in [0, 0.05) is 18.0 Å². The summed E-state index contributed by atoms with van der Waals surface area (Å²) in [5, 5.41) is 9.26. The minimum Gasteiger partial charge on any atom is -0.288 e. The molecule has 7 nitrogen and oxygen atoms in total. The Morgan fingerprint density at radius 1 is 1.15 bits per heavy atom. The minimum atomic E-state index is -0.406. The summed E-state index contributed by atoms with van der Waals surface area (Å²) in [6.45, 7) is 0. The number of aromatic amines is 1. The van der Waals surface area contributed by atoms with Crippen molar-refractivity contribution >= 4 is 11.9 Å². The van der Waals surface area contributed by atoms with E-state index in [1.54, 1.807) is 0 Å². The molecule has 0 aliphatic carbocycles. The molecule has 0 radical (unpaired) electrons. The first-order valence-corrected chi connectivity index (χ1v) is 5.88. The largest absolute Gasteiger partial charge is 0.288 e. The van der Waals surface area contributed by atoms with Gasteiger partial charge in [-0.3, -0.25) is 20.2 Å². The highest BCUT2D eigenvalue weighted by Gasteiger charge is 2.11. The molecule has 0 unspecified atom stereocenters. The van der Waals surface area contributed by atoms with E-state index >= 15 is 0 Å². The highest BCUT2D eigenvalue weighted by Crippen LogP contribution is 2.14. The van der Waals surface area contributed by atoms with Crippen molar-refractivity contribution in [2.24, 2.45) is 0 Å². The lowest BCUT2D eigenvalue weighted by Gasteiger charge is -1.98. The average Bonchev–Trinajstić information content (AvgIpc) is 2.97. The lowest BCUT2D eigenvalue weighted by molar-refractivity contribution is 0.102. The van der Waals surface area contributed by atoms with E-state index in [1.807, 2.05) is 30.3 Å². The molecule has 1 aromatic carbocycles. The van der Waals surface area contributed by atoms with Crippen LogP contribution in [-0.2, 0) is 0 Å². The van der Waals surface area contributed by atoms with Gasteiger partial charge >= 0.3 is 0 Å². The van der Waals surface area contributed by atoms with E-state index in [9.17, 15) is 4.79 Å². The highest BCUT2D eigenvalue weighted by atomic mass is 16.2. The first kappa shape index (κ1) is 12.0. The minimum absolute atomic E-state index is 0.194. The Hall–Kier alpha value is -3.09. The van der Waals surface area contributed by atoms with Crippen LogP contribution in [0.2, 0.25) is 0 Å². The predicted octanol–water partition coefficient (Wildman–Crippen LogP) is 1.51. The first-order valence-electron chi connectivity index (χ1n) is 5.88. The zero-order chi connectivity index (χ0) is 13.8. The lowest BCUT2D eigenvalue weighted by atomic mass is 10.2. The van der Waals surface area contributed by atoms with Crippen molar-refractivity contribution in [1.29, 1.82) is 0 Å². The van der Waals surface area contributed by atoms with Crippen LogP contribution in [0.5, 0.6) is 0 Å². The van der Waals surface area contributed by atoms with Crippen molar-refractivity contribution in [2.45, 2.75) is 0 Å². The van der Waals surface area contributed by atoms with Gasteiger partial charge in [0.1, 0.15) is 5.69 Å². The number of benzene rings is 1. The van der Waals surface area contributed by atoms with Crippen molar-refractivity contribution in [2.75, 3.05) is 5.32 Å². The Morgan fingerprint density at radius 2 is 2.00 bits per heavy atom. The smallest absolute Gasteiger partial charge is 0.278 e. The fourth-order valence-electron chi connectivity index (χ4n) is 1.62. The number of anilines is 1. The average molecular weight is 266 g/mol. The SMILES string of the molecule is O=C(Nc1n[nH]c(-c2ccccc2)n1)c1cnccn1. The summed E-state index contributed by atoms with van der Waals surface area (Å²) in [5.74, 6) is 0.372. The molecule has 2 heterocycles. The van der Waals surface area contributed by atoms with Crippen LogP contribution >= 0.6 is 0 Å². The molecule has 20 heavy (non-hydrogen) atoms. The Kier molecular flexibility index (Phi) is 3.15. The molecule has 3 aromatic rings. The molecule has 0 saturated heterocycles. The number of carbonyl (C=O) groups excluding carboxylic acids is 1. The first-order chi connectivity index (χ1) is 9.83. The second-order valence-electron chi connectivity index (χ2n) is 3.92. The van der Waals surface area contributed by atoms with E-state index in [1.165, 1.54) is 18.6 Å². The van der Waals surface area contributed by atoms with Gasteiger partial charge in [-0.15, -0.1) is 5.10 Å². The summed E-state index contributed by atoms with van der Waals surface area (Å²) in [4.78, 5) is 23.8. The van der Waals surface area contributed by atoms with E-state index in [4.69, 9.17) is 0 Å². The summed E-state index contributed by atoms with van der Waals surface area (Å²) >= 11 is 0. The molecule has 0 bridgehead atoms. The van der Waals surface area contributed by atoms with E-state index < -0.39 is 5.91 Å². The second kappa shape index (κ2) is 5.27. The van der Waals surface area contributed by atoms with Gasteiger partial charge in [0.05, 0.1) is 6.20 Å². The second-order valence-corrected chi connectivity index (χ2v) is 3.92. The van der Waals surface area contributed by atoms with Gasteiger partial charge in [0.15, 0.2) is 5.82 Å². The molecule has 7 heteroatoms. The maximum absolute atomic E-state index is 11.9. The summed E-state index contributed by atoms with van der Waals surface area (Å²) < 4.78 is 0. The topological polar surface area (TPSA) is 96.5 Å². The molecular formula is C13H10N6O. The van der Waals surface area contributed by atoms with Crippen molar-refractivity contribution in [3.63, 3.8) is 0 Å². The molecule has 1 amide bonds. The van der Waals surface area contributed by atoms with E-state index in [0.29, 0.717) is 5.82 Å². The Labute approximate surface area is 114 Å². The number of H-pyrrole nitrogens is 1. The van der Waals surface area contributed by atoms with Gasteiger partial charge in [-0.1, -0.05) is 30.3 Å². The Bertz CT molecular complexity index is 710. The van der Waals surface area contributed by atoms with Gasteiger partial charge in [-0.25, -0.2) is 4.98 Å². The summed E-state index contributed by atoms with van der Waals surface area (Å²) in [5.41, 5.74) is 1.10. The fourth-order valence-corrected chi connectivity index (χ4v) is 1.62. The third-order valence-corrected chi connectivity index (χ3v) is 2.55. The van der Waals surface area contributed by atoms with Crippen molar-refractivity contribution in [3.8, 4) is 11.4 Å². The Balaban J connectivity index is 1.77. The monoisotopic (exact) mass is 266 g/mol. The van der Waals surface area contributed by atoms with Gasteiger partial charge in [-0.2, -0.15) is 4.98 Å². The number of aromatic nitrogens is 5. The van der Waals surface area contributed by atoms with E-state index in [2.05, 4.69) is 30.5 Å². The number of amides is 1. The molecule has 2 aromatic heterocycles. The highest BCUT2D eigenvalue weighted by molar-refractivity contribution is 6.01. The number of hydrogen-bond acceptors (Lipinski definition) is 5. The third kappa shape index (κ3) is 2.51. The van der Waals surface area contributed by atoms with Crippen LogP contribution in [0.25, 0.3) is 11.4 Å². The summed E-state index contributed by atoms with van der Waals surface area (Å²) in [6.07, 6.45) is 4.32. The zero-order valence-corrected chi connectivity index (χ0v) is 10.3. The number of nitrogens with one attached hydrogen (secondary N) is 2. The predicted molar refractivity (Wildman–Crippen MR) is 71.8 cm³/mol. The van der Waals surface area contributed by atoms with Crippen molar-refractivity contribution in [1.82, 2.24) is 25.1 Å².